The van der Waals surface area contributed by atoms with E-state index in [1.807, 2.05) is 0 Å². The van der Waals surface area contributed by atoms with Crippen molar-refractivity contribution in [1.82, 2.24) is 24.2 Å². The lowest BCUT2D eigenvalue weighted by molar-refractivity contribution is 0.540. The number of fused-ring (bicyclic) bond motifs is 2. The van der Waals surface area contributed by atoms with E-state index in [4.69, 9.17) is 5.73 Å². The van der Waals surface area contributed by atoms with Crippen LogP contribution in [-0.2, 0) is 35.8 Å². The highest BCUT2D eigenvalue weighted by Crippen LogP contribution is 2.28. The Morgan fingerprint density at radius 3 is 2.69 bits per heavy atom. The molecule has 0 spiro atoms. The fourth-order valence-electron chi connectivity index (χ4n) is 4.50. The van der Waals surface area contributed by atoms with Crippen LogP contribution in [0.3, 0.4) is 0 Å². The van der Waals surface area contributed by atoms with Gasteiger partial charge in [-0.2, -0.15) is 14.4 Å². The van der Waals surface area contributed by atoms with Crippen molar-refractivity contribution in [1.29, 1.82) is 0 Å². The molecule has 3 N–H and O–H groups in total. The van der Waals surface area contributed by atoms with Gasteiger partial charge in [0.2, 0.25) is 10.0 Å². The van der Waals surface area contributed by atoms with Crippen molar-refractivity contribution in [3.63, 3.8) is 0 Å². The number of nitrogens with one attached hydrogen (secondary N) is 1. The van der Waals surface area contributed by atoms with E-state index in [9.17, 15) is 12.8 Å². The number of halogens is 1. The first-order valence-corrected chi connectivity index (χ1v) is 12.7. The van der Waals surface area contributed by atoms with Gasteiger partial charge >= 0.3 is 6.08 Å². The number of hydrogen-bond donors (Lipinski definition) is 2. The third kappa shape index (κ3) is 4.33. The van der Waals surface area contributed by atoms with Crippen LogP contribution < -0.4 is 10.5 Å². The molecule has 1 aromatic carbocycles. The Balaban J connectivity index is 1.46. The summed E-state index contributed by atoms with van der Waals surface area (Å²) in [6, 6.07) is 4.56. The van der Waals surface area contributed by atoms with Gasteiger partial charge in [-0.3, -0.25) is 0 Å². The van der Waals surface area contributed by atoms with Gasteiger partial charge < -0.3 is 10.3 Å². The number of nitrogens with zero attached hydrogens (tertiary/aromatic N) is 4. The predicted octanol–water partition coefficient (Wildman–Crippen LogP) is 2.41. The molecule has 0 bridgehead atoms. The molecule has 2 heterocycles. The van der Waals surface area contributed by atoms with Crippen LogP contribution in [0, 0.1) is 13.0 Å². The van der Waals surface area contributed by atoms with Crippen LogP contribution in [0.1, 0.15) is 53.8 Å². The Hall–Kier alpha value is -2.59. The minimum atomic E-state index is -3.34. The molecule has 2 aliphatic rings. The fraction of sp³-hybridized carbons (Fsp3) is 0.500. The van der Waals surface area contributed by atoms with Crippen LogP contribution in [0.2, 0.25) is 0 Å². The summed E-state index contributed by atoms with van der Waals surface area (Å²) < 4.78 is 43.0. The van der Waals surface area contributed by atoms with Crippen LogP contribution in [0.15, 0.2) is 12.1 Å². The number of aryl methyl sites for hydroxylation is 4. The van der Waals surface area contributed by atoms with E-state index in [2.05, 4.69) is 38.7 Å². The molecular weight excluding hydrogens is 431 g/mol. The molecule has 0 atom stereocenters. The molecule has 0 aliphatic heterocycles. The van der Waals surface area contributed by atoms with Crippen molar-refractivity contribution in [2.75, 3.05) is 11.5 Å². The minimum absolute atomic E-state index is 0.0104. The largest absolute Gasteiger partial charge is 0.382 e. The summed E-state index contributed by atoms with van der Waals surface area (Å²) in [6.45, 7) is 2.43. The van der Waals surface area contributed by atoms with Crippen molar-refractivity contribution in [3.8, 4) is 0 Å². The van der Waals surface area contributed by atoms with Crippen molar-refractivity contribution in [2.45, 2.75) is 64.5 Å². The van der Waals surface area contributed by atoms with Crippen molar-refractivity contribution >= 4 is 27.0 Å². The molecule has 0 saturated heterocycles. The van der Waals surface area contributed by atoms with Crippen molar-refractivity contribution in [3.05, 3.63) is 46.3 Å². The minimum Gasteiger partial charge on any atom is -0.382 e. The van der Waals surface area contributed by atoms with Gasteiger partial charge in [0.1, 0.15) is 5.82 Å². The zero-order valence-corrected chi connectivity index (χ0v) is 18.9. The van der Waals surface area contributed by atoms with Gasteiger partial charge in [0.15, 0.2) is 17.0 Å². The maximum Gasteiger partial charge on any atom is 0.312 e. The monoisotopic (exact) mass is 458 g/mol. The lowest BCUT2D eigenvalue weighted by Gasteiger charge is -2.12. The van der Waals surface area contributed by atoms with Crippen LogP contribution in [0.4, 0.5) is 10.2 Å². The topological polar surface area (TPSA) is 116 Å². The number of rotatable bonds is 8. The first-order chi connectivity index (χ1) is 15.3. The van der Waals surface area contributed by atoms with Crippen LogP contribution >= 0.6 is 0 Å². The van der Waals surface area contributed by atoms with E-state index in [0.717, 1.165) is 31.2 Å². The second-order valence-electron chi connectivity index (χ2n) is 8.87. The number of hydrogen-bond acceptors (Lipinski definition) is 6. The third-order valence-electron chi connectivity index (χ3n) is 6.29. The molecule has 5 rings (SSSR count). The number of anilines is 1. The standard InChI is InChI=1S/C22H27FN6O2S/c1-13-10-14-4-2-5-15(14)11-16(13)12-18-25-19-20(24)26-22(23)27-21(19)29(18)8-3-9-32(30,31)28-17-6-7-17/h10-11,17,28H,2-9,12H2,1H3,(H2,24,26,27). The summed E-state index contributed by atoms with van der Waals surface area (Å²) in [5, 5.41) is 0. The maximum atomic E-state index is 13.9. The number of imidazole rings is 1. The summed E-state index contributed by atoms with van der Waals surface area (Å²) in [5.74, 6) is 0.658. The van der Waals surface area contributed by atoms with Gasteiger partial charge in [-0.25, -0.2) is 18.1 Å². The molecule has 170 valence electrons. The number of benzene rings is 1. The Bertz CT molecular complexity index is 1300. The second-order valence-corrected chi connectivity index (χ2v) is 10.7. The molecule has 3 aromatic rings. The van der Waals surface area contributed by atoms with Crippen LogP contribution in [-0.4, -0.2) is 39.7 Å². The van der Waals surface area contributed by atoms with E-state index in [1.165, 1.54) is 23.1 Å². The molecule has 0 radical (unpaired) electrons. The summed E-state index contributed by atoms with van der Waals surface area (Å²) in [7, 11) is -3.34. The van der Waals surface area contributed by atoms with Gasteiger partial charge in [-0.1, -0.05) is 12.1 Å². The van der Waals surface area contributed by atoms with E-state index in [1.54, 1.807) is 4.57 Å². The normalized spacial score (nSPS) is 16.1. The average molecular weight is 459 g/mol. The highest BCUT2D eigenvalue weighted by molar-refractivity contribution is 7.89. The number of nitrogen functional groups attached to an aromatic ring is 1. The van der Waals surface area contributed by atoms with E-state index in [-0.39, 0.29) is 17.6 Å². The van der Waals surface area contributed by atoms with Gasteiger partial charge in [0.25, 0.3) is 0 Å². The molecule has 0 unspecified atom stereocenters. The summed E-state index contributed by atoms with van der Waals surface area (Å²) >= 11 is 0. The van der Waals surface area contributed by atoms with Gasteiger partial charge in [0.05, 0.1) is 5.75 Å². The van der Waals surface area contributed by atoms with E-state index >= 15 is 0 Å². The van der Waals surface area contributed by atoms with Gasteiger partial charge in [-0.05, 0) is 67.7 Å². The maximum absolute atomic E-state index is 13.9. The summed E-state index contributed by atoms with van der Waals surface area (Å²) in [4.78, 5) is 12.2. The van der Waals surface area contributed by atoms with Gasteiger partial charge in [0, 0.05) is 19.0 Å². The quantitative estimate of drug-likeness (QED) is 0.501. The Morgan fingerprint density at radius 2 is 1.94 bits per heavy atom. The summed E-state index contributed by atoms with van der Waals surface area (Å²) in [5.41, 5.74) is 11.7. The smallest absolute Gasteiger partial charge is 0.312 e. The lowest BCUT2D eigenvalue weighted by Crippen LogP contribution is -2.28. The number of sulfonamides is 1. The van der Waals surface area contributed by atoms with E-state index in [0.29, 0.717) is 36.4 Å². The number of aromatic nitrogens is 4. The SMILES string of the molecule is Cc1cc2c(cc1Cc1nc3c(N)nc(F)nc3n1CCCS(=O)(=O)NC1CC1)CCC2. The zero-order chi connectivity index (χ0) is 22.5. The molecule has 2 aromatic heterocycles. The molecule has 1 saturated carbocycles. The predicted molar refractivity (Wildman–Crippen MR) is 120 cm³/mol. The van der Waals surface area contributed by atoms with Crippen LogP contribution in [0.25, 0.3) is 11.2 Å². The van der Waals surface area contributed by atoms with Crippen LogP contribution in [0.5, 0.6) is 0 Å². The molecule has 0 amide bonds. The zero-order valence-electron chi connectivity index (χ0n) is 18.1. The highest BCUT2D eigenvalue weighted by Gasteiger charge is 2.27. The molecular formula is C22H27FN6O2S. The Kier molecular flexibility index (Phi) is 5.37. The molecule has 1 fully saturated rings. The third-order valence-corrected chi connectivity index (χ3v) is 7.81. The van der Waals surface area contributed by atoms with E-state index < -0.39 is 16.1 Å². The van der Waals surface area contributed by atoms with Gasteiger partial charge in [-0.15, -0.1) is 0 Å². The first kappa shape index (κ1) is 21.3. The first-order valence-electron chi connectivity index (χ1n) is 11.1. The Labute approximate surface area is 186 Å². The van der Waals surface area contributed by atoms with Crippen molar-refractivity contribution in [2.24, 2.45) is 0 Å². The lowest BCUT2D eigenvalue weighted by atomic mass is 9.98. The molecule has 8 nitrogen and oxygen atoms in total. The fourth-order valence-corrected chi connectivity index (χ4v) is 5.87. The molecule has 10 heteroatoms. The number of nitrogens with two attached hydrogens (primary N) is 1. The highest BCUT2D eigenvalue weighted by atomic mass is 32.2. The molecule has 32 heavy (non-hydrogen) atoms. The second kappa shape index (κ2) is 8.08. The summed E-state index contributed by atoms with van der Waals surface area (Å²) in [6.07, 6.45) is 5.12. The molecule has 2 aliphatic carbocycles. The Morgan fingerprint density at radius 1 is 1.19 bits per heavy atom. The van der Waals surface area contributed by atoms with Crippen molar-refractivity contribution < 1.29 is 12.8 Å². The average Bonchev–Trinajstić information content (AvgIpc) is 3.28.